The smallest absolute Gasteiger partial charge is 0.308 e. The molecule has 0 aliphatic heterocycles. The van der Waals surface area contributed by atoms with Gasteiger partial charge in [-0.25, -0.2) is 0 Å². The van der Waals surface area contributed by atoms with Crippen LogP contribution in [0.25, 0.3) is 0 Å². The van der Waals surface area contributed by atoms with E-state index in [2.05, 4.69) is 6.92 Å². The molecule has 2 fully saturated rings. The van der Waals surface area contributed by atoms with E-state index in [1.165, 1.54) is 13.2 Å². The van der Waals surface area contributed by atoms with Crippen molar-refractivity contribution in [2.75, 3.05) is 7.11 Å². The Labute approximate surface area is 226 Å². The molecule has 0 aromatic heterocycles. The number of methoxy groups -OCH3 is 1. The molecule has 0 amide bonds. The average Bonchev–Trinajstić information content (AvgIpc) is 3.03. The lowest BCUT2D eigenvalue weighted by Gasteiger charge is -2.61. The van der Waals surface area contributed by atoms with Gasteiger partial charge >= 0.3 is 5.97 Å². The molecule has 4 aliphatic rings. The molecule has 2 saturated carbocycles. The zero-order chi connectivity index (χ0) is 28.6. The van der Waals surface area contributed by atoms with Gasteiger partial charge in [-0.15, -0.1) is 0 Å². The number of aliphatic hydroxyl groups is 2. The average molecular weight is 529 g/mol. The van der Waals surface area contributed by atoms with Crippen LogP contribution < -0.4 is 0 Å². The second kappa shape index (κ2) is 9.22. The van der Waals surface area contributed by atoms with Crippen LogP contribution in [0.1, 0.15) is 87.0 Å². The number of carbonyl (C=O) groups is 4. The van der Waals surface area contributed by atoms with E-state index >= 15 is 0 Å². The fraction of sp³-hybridized carbons (Fsp3) is 0.742. The molecule has 210 valence electrons. The summed E-state index contributed by atoms with van der Waals surface area (Å²) in [7, 11) is 1.29. The first-order chi connectivity index (χ1) is 17.5. The molecule has 2 N–H and O–H groups in total. The molecule has 7 nitrogen and oxygen atoms in total. The lowest BCUT2D eigenvalue weighted by molar-refractivity contribution is -0.146. The monoisotopic (exact) mass is 528 g/mol. The van der Waals surface area contributed by atoms with Gasteiger partial charge in [0.25, 0.3) is 0 Å². The summed E-state index contributed by atoms with van der Waals surface area (Å²) in [4.78, 5) is 52.6. The van der Waals surface area contributed by atoms with E-state index in [-0.39, 0.29) is 48.4 Å². The zero-order valence-electron chi connectivity index (χ0n) is 24.1. The SMILES string of the molecule is COC(=O)C(C)CC(=O)/C=C(\C)C1CC(=O)[C@@]2(C)C3=C(C(=O)C[C@]12C)[C@@]1(C)CC[C@H](O)C(C)(C)C1C[C@@H]3O. The Morgan fingerprint density at radius 1 is 1.13 bits per heavy atom. The van der Waals surface area contributed by atoms with Crippen molar-refractivity contribution in [3.63, 3.8) is 0 Å². The van der Waals surface area contributed by atoms with Crippen LogP contribution in [0, 0.1) is 39.4 Å². The highest BCUT2D eigenvalue weighted by Crippen LogP contribution is 2.70. The van der Waals surface area contributed by atoms with Crippen LogP contribution in [0.15, 0.2) is 22.8 Å². The van der Waals surface area contributed by atoms with Gasteiger partial charge in [0.2, 0.25) is 0 Å². The first-order valence-electron chi connectivity index (χ1n) is 13.9. The standard InChI is InChI=1S/C31H44O7/c1-16(11-18(32)12-17(2)27(37)38-8)19-13-24(36)31(7)26-20(33)14-22-28(3,4)23(35)9-10-29(22,5)25(26)21(34)15-30(19,31)6/h11,17,19-20,22-23,33,35H,9-10,12-15H2,1-8H3/b16-11+/t17?,19?,20-,22?,23-,29-,30+,31-/m0/s1. The Morgan fingerprint density at radius 2 is 1.76 bits per heavy atom. The number of rotatable bonds is 5. The van der Waals surface area contributed by atoms with Crippen molar-refractivity contribution in [3.8, 4) is 0 Å². The van der Waals surface area contributed by atoms with Gasteiger partial charge in [-0.05, 0) is 72.8 Å². The van der Waals surface area contributed by atoms with Gasteiger partial charge in [0, 0.05) is 24.8 Å². The number of ether oxygens (including phenoxy) is 1. The maximum Gasteiger partial charge on any atom is 0.308 e. The largest absolute Gasteiger partial charge is 0.469 e. The molecule has 0 saturated heterocycles. The molecular weight excluding hydrogens is 484 g/mol. The van der Waals surface area contributed by atoms with Crippen molar-refractivity contribution in [1.82, 2.24) is 0 Å². The first kappa shape index (κ1) is 28.9. The number of esters is 1. The molecular formula is C31H44O7. The third kappa shape index (κ3) is 3.82. The molecule has 38 heavy (non-hydrogen) atoms. The second-order valence-corrected chi connectivity index (χ2v) is 13.7. The number of hydrogen-bond donors (Lipinski definition) is 2. The van der Waals surface area contributed by atoms with Crippen LogP contribution in [0.3, 0.4) is 0 Å². The number of carbonyl (C=O) groups excluding carboxylic acids is 4. The van der Waals surface area contributed by atoms with Crippen molar-refractivity contribution in [2.45, 2.75) is 99.2 Å². The number of aliphatic hydroxyl groups excluding tert-OH is 2. The molecule has 7 heteroatoms. The topological polar surface area (TPSA) is 118 Å². The third-order valence-electron chi connectivity index (χ3n) is 11.3. The van der Waals surface area contributed by atoms with E-state index in [1.807, 2.05) is 34.6 Å². The van der Waals surface area contributed by atoms with Crippen molar-refractivity contribution < 1.29 is 34.1 Å². The van der Waals surface area contributed by atoms with E-state index in [1.54, 1.807) is 6.92 Å². The number of hydrogen-bond acceptors (Lipinski definition) is 7. The third-order valence-corrected chi connectivity index (χ3v) is 11.3. The zero-order valence-corrected chi connectivity index (χ0v) is 24.1. The van der Waals surface area contributed by atoms with Crippen LogP contribution in [0.5, 0.6) is 0 Å². The molecule has 4 aliphatic carbocycles. The van der Waals surface area contributed by atoms with Crippen molar-refractivity contribution in [2.24, 2.45) is 39.4 Å². The quantitative estimate of drug-likeness (QED) is 0.407. The number of Topliss-reactive ketones (excluding diaryl/α,β-unsaturated/α-hetero) is 2. The lowest BCUT2D eigenvalue weighted by Crippen LogP contribution is -2.60. The highest BCUT2D eigenvalue weighted by molar-refractivity contribution is 6.05. The molecule has 0 bridgehead atoms. The number of allylic oxidation sites excluding steroid dienone is 3. The van der Waals surface area contributed by atoms with Crippen molar-refractivity contribution >= 4 is 23.3 Å². The normalized spacial score (nSPS) is 41.3. The minimum absolute atomic E-state index is 0.00693. The Hall–Kier alpha value is -2.12. The highest BCUT2D eigenvalue weighted by atomic mass is 16.5. The summed E-state index contributed by atoms with van der Waals surface area (Å²) in [6, 6.07) is 0. The second-order valence-electron chi connectivity index (χ2n) is 13.7. The van der Waals surface area contributed by atoms with Crippen LogP contribution >= 0.6 is 0 Å². The van der Waals surface area contributed by atoms with Crippen LogP contribution in [0.4, 0.5) is 0 Å². The number of ketones is 3. The van der Waals surface area contributed by atoms with E-state index in [4.69, 9.17) is 4.74 Å². The van der Waals surface area contributed by atoms with E-state index < -0.39 is 45.8 Å². The van der Waals surface area contributed by atoms with Crippen LogP contribution in [-0.2, 0) is 23.9 Å². The van der Waals surface area contributed by atoms with Gasteiger partial charge in [-0.3, -0.25) is 19.2 Å². The molecule has 0 aromatic carbocycles. The number of fused-ring (bicyclic) bond motifs is 4. The Kier molecular flexibility index (Phi) is 7.01. The van der Waals surface area contributed by atoms with E-state index in [0.29, 0.717) is 30.4 Å². The Bertz CT molecular complexity index is 1140. The summed E-state index contributed by atoms with van der Waals surface area (Å²) < 4.78 is 4.73. The summed E-state index contributed by atoms with van der Waals surface area (Å²) in [6.45, 7) is 13.4. The van der Waals surface area contributed by atoms with Gasteiger partial charge in [0.15, 0.2) is 11.6 Å². The molecule has 0 heterocycles. The van der Waals surface area contributed by atoms with Gasteiger partial charge in [-0.1, -0.05) is 40.2 Å². The van der Waals surface area contributed by atoms with Gasteiger partial charge in [0.1, 0.15) is 5.78 Å². The van der Waals surface area contributed by atoms with Crippen LogP contribution in [-0.4, -0.2) is 52.8 Å². The van der Waals surface area contributed by atoms with Gasteiger partial charge < -0.3 is 14.9 Å². The summed E-state index contributed by atoms with van der Waals surface area (Å²) >= 11 is 0. The lowest BCUT2D eigenvalue weighted by atomic mass is 9.42. The molecule has 4 rings (SSSR count). The Balaban J connectivity index is 1.77. The van der Waals surface area contributed by atoms with Gasteiger partial charge in [0.05, 0.1) is 30.7 Å². The molecule has 0 spiro atoms. The maximum atomic E-state index is 14.1. The molecule has 3 unspecified atom stereocenters. The maximum absolute atomic E-state index is 14.1. The summed E-state index contributed by atoms with van der Waals surface area (Å²) in [5, 5.41) is 22.4. The van der Waals surface area contributed by atoms with Gasteiger partial charge in [-0.2, -0.15) is 0 Å². The minimum Gasteiger partial charge on any atom is -0.469 e. The van der Waals surface area contributed by atoms with E-state index in [0.717, 1.165) is 5.57 Å². The molecule has 0 aromatic rings. The fourth-order valence-corrected chi connectivity index (χ4v) is 8.89. The first-order valence-corrected chi connectivity index (χ1v) is 13.9. The predicted molar refractivity (Wildman–Crippen MR) is 142 cm³/mol. The van der Waals surface area contributed by atoms with Crippen LogP contribution in [0.2, 0.25) is 0 Å². The highest BCUT2D eigenvalue weighted by Gasteiger charge is 2.69. The summed E-state index contributed by atoms with van der Waals surface area (Å²) in [5.74, 6) is -1.71. The predicted octanol–water partition coefficient (Wildman–Crippen LogP) is 4.14. The Morgan fingerprint density at radius 3 is 2.37 bits per heavy atom. The van der Waals surface area contributed by atoms with Crippen molar-refractivity contribution in [1.29, 1.82) is 0 Å². The molecule has 0 radical (unpaired) electrons. The van der Waals surface area contributed by atoms with Crippen molar-refractivity contribution in [3.05, 3.63) is 22.8 Å². The minimum atomic E-state index is -1.04. The summed E-state index contributed by atoms with van der Waals surface area (Å²) in [6.07, 6.45) is 2.01. The summed E-state index contributed by atoms with van der Waals surface area (Å²) in [5.41, 5.74) is -0.915. The fourth-order valence-electron chi connectivity index (χ4n) is 8.89. The van der Waals surface area contributed by atoms with E-state index in [9.17, 15) is 29.4 Å². The molecule has 8 atom stereocenters.